The summed E-state index contributed by atoms with van der Waals surface area (Å²) >= 11 is 0. The number of nitrogens with zero attached hydrogens (tertiary/aromatic N) is 1. The normalized spacial score (nSPS) is 18.1. The predicted octanol–water partition coefficient (Wildman–Crippen LogP) is 4.32. The molecule has 1 fully saturated rings. The molecule has 1 amide bonds. The van der Waals surface area contributed by atoms with Gasteiger partial charge in [0.05, 0.1) is 0 Å². The Kier molecular flexibility index (Phi) is 6.57. The van der Waals surface area contributed by atoms with Crippen molar-refractivity contribution in [3.63, 3.8) is 0 Å². The lowest BCUT2D eigenvalue weighted by Gasteiger charge is -2.46. The van der Waals surface area contributed by atoms with Crippen LogP contribution in [0.25, 0.3) is 0 Å². The average Bonchev–Trinajstić information content (AvgIpc) is 2.59. The summed E-state index contributed by atoms with van der Waals surface area (Å²) in [4.78, 5) is 13.4. The van der Waals surface area contributed by atoms with E-state index in [4.69, 9.17) is 9.47 Å². The molecule has 0 unspecified atom stereocenters. The van der Waals surface area contributed by atoms with Crippen molar-refractivity contribution in [2.24, 2.45) is 0 Å². The van der Waals surface area contributed by atoms with Crippen LogP contribution in [0.5, 0.6) is 0 Å². The highest BCUT2D eigenvalue weighted by Gasteiger charge is 2.46. The first kappa shape index (κ1) is 18.7. The summed E-state index contributed by atoms with van der Waals surface area (Å²) in [5.41, 5.74) is -1.16. The minimum absolute atomic E-state index is 0.112. The third kappa shape index (κ3) is 3.70. The van der Waals surface area contributed by atoms with E-state index in [1.165, 1.54) is 18.1 Å². The zero-order valence-corrected chi connectivity index (χ0v) is 14.3. The summed E-state index contributed by atoms with van der Waals surface area (Å²) in [6.07, 6.45) is 3.76. The first-order valence-electron chi connectivity index (χ1n) is 8.47. The van der Waals surface area contributed by atoms with Gasteiger partial charge in [-0.15, -0.1) is 0 Å². The summed E-state index contributed by atoms with van der Waals surface area (Å²) in [5, 5.41) is 9.93. The van der Waals surface area contributed by atoms with Crippen molar-refractivity contribution in [1.82, 2.24) is 4.90 Å². The van der Waals surface area contributed by atoms with Crippen LogP contribution < -0.4 is 0 Å². The van der Waals surface area contributed by atoms with Crippen LogP contribution in [0.3, 0.4) is 0 Å². The minimum Gasteiger partial charge on any atom is -0.465 e. The molecule has 134 valence electrons. The van der Waals surface area contributed by atoms with Crippen LogP contribution in [0.1, 0.15) is 51.0 Å². The molecule has 0 aliphatic heterocycles. The average molecular weight is 339 g/mol. The number of methoxy groups -OCH3 is 1. The van der Waals surface area contributed by atoms with E-state index in [0.29, 0.717) is 6.42 Å². The summed E-state index contributed by atoms with van der Waals surface area (Å²) < 4.78 is 25.4. The molecule has 0 heterocycles. The Hall–Kier alpha value is -1.66. The molecule has 1 atom stereocenters. The predicted molar refractivity (Wildman–Crippen MR) is 88.1 cm³/mol. The zero-order chi connectivity index (χ0) is 17.6. The molecule has 2 rings (SSSR count). The van der Waals surface area contributed by atoms with Gasteiger partial charge in [0.15, 0.2) is 5.72 Å². The van der Waals surface area contributed by atoms with Gasteiger partial charge in [0, 0.05) is 18.7 Å². The van der Waals surface area contributed by atoms with E-state index in [2.05, 4.69) is 0 Å². The van der Waals surface area contributed by atoms with E-state index in [0.717, 1.165) is 32.1 Å². The van der Waals surface area contributed by atoms with E-state index in [1.807, 2.05) is 0 Å². The first-order valence-corrected chi connectivity index (χ1v) is 8.47. The number of ether oxygens (including phenoxy) is 2. The topological polar surface area (TPSA) is 59.0 Å². The molecule has 6 heteroatoms. The summed E-state index contributed by atoms with van der Waals surface area (Å²) in [6.45, 7) is 1.69. The fourth-order valence-corrected chi connectivity index (χ4v) is 3.62. The number of carboxylic acid groups (broad SMARTS) is 1. The largest absolute Gasteiger partial charge is 0.465 e. The lowest BCUT2D eigenvalue weighted by molar-refractivity contribution is -0.215. The van der Waals surface area contributed by atoms with Crippen LogP contribution in [0, 0.1) is 5.82 Å². The lowest BCUT2D eigenvalue weighted by Crippen LogP contribution is -2.56. The van der Waals surface area contributed by atoms with Gasteiger partial charge in [0.25, 0.3) is 0 Å². The number of amides is 1. The van der Waals surface area contributed by atoms with Crippen molar-refractivity contribution >= 4 is 6.09 Å². The Balaban J connectivity index is 2.52. The van der Waals surface area contributed by atoms with Crippen molar-refractivity contribution in [1.29, 1.82) is 0 Å². The maximum absolute atomic E-state index is 14.5. The van der Waals surface area contributed by atoms with Gasteiger partial charge in [-0.3, -0.25) is 4.90 Å². The number of halogens is 1. The third-order valence-electron chi connectivity index (χ3n) is 4.72. The maximum Gasteiger partial charge on any atom is 0.410 e. The summed E-state index contributed by atoms with van der Waals surface area (Å²) in [5.74, 6) is -0.475. The van der Waals surface area contributed by atoms with E-state index in [-0.39, 0.29) is 18.4 Å². The van der Waals surface area contributed by atoms with Crippen LogP contribution >= 0.6 is 0 Å². The molecule has 0 saturated heterocycles. The van der Waals surface area contributed by atoms with Crippen molar-refractivity contribution in [2.75, 3.05) is 13.9 Å². The molecule has 1 aromatic rings. The molecular formula is C18H26FNO4. The number of carbonyl (C=O) groups is 1. The fraction of sp³-hybridized carbons (Fsp3) is 0.611. The number of hydrogen-bond donors (Lipinski definition) is 1. The van der Waals surface area contributed by atoms with Crippen LogP contribution in [0.4, 0.5) is 9.18 Å². The van der Waals surface area contributed by atoms with Gasteiger partial charge < -0.3 is 14.6 Å². The second kappa shape index (κ2) is 8.44. The minimum atomic E-state index is -1.39. The second-order valence-electron chi connectivity index (χ2n) is 6.11. The molecule has 0 aromatic heterocycles. The zero-order valence-electron chi connectivity index (χ0n) is 14.3. The Labute approximate surface area is 142 Å². The van der Waals surface area contributed by atoms with Gasteiger partial charge in [0.1, 0.15) is 12.6 Å². The molecule has 1 aliphatic rings. The molecule has 0 bridgehead atoms. The van der Waals surface area contributed by atoms with Crippen molar-refractivity contribution in [2.45, 2.75) is 57.2 Å². The highest BCUT2D eigenvalue weighted by molar-refractivity contribution is 5.67. The van der Waals surface area contributed by atoms with Gasteiger partial charge in [-0.25, -0.2) is 9.18 Å². The molecule has 1 saturated carbocycles. The molecule has 24 heavy (non-hydrogen) atoms. The van der Waals surface area contributed by atoms with E-state index in [9.17, 15) is 14.3 Å². The quantitative estimate of drug-likeness (QED) is 0.752. The molecule has 5 nitrogen and oxygen atoms in total. The van der Waals surface area contributed by atoms with E-state index in [1.54, 1.807) is 25.1 Å². The Morgan fingerprint density at radius 1 is 1.33 bits per heavy atom. The fourth-order valence-electron chi connectivity index (χ4n) is 3.62. The Morgan fingerprint density at radius 3 is 2.54 bits per heavy atom. The van der Waals surface area contributed by atoms with Crippen LogP contribution in [-0.4, -0.2) is 36.0 Å². The van der Waals surface area contributed by atoms with Gasteiger partial charge in [0.2, 0.25) is 0 Å². The molecule has 1 N–H and O–H groups in total. The van der Waals surface area contributed by atoms with Crippen LogP contribution in [0.15, 0.2) is 24.3 Å². The summed E-state index contributed by atoms with van der Waals surface area (Å²) in [6, 6.07) is 6.01. The molecule has 1 aliphatic carbocycles. The maximum atomic E-state index is 14.5. The second-order valence-corrected chi connectivity index (χ2v) is 6.11. The van der Waals surface area contributed by atoms with Crippen molar-refractivity contribution in [3.05, 3.63) is 35.6 Å². The van der Waals surface area contributed by atoms with Crippen LogP contribution in [0.2, 0.25) is 0 Å². The Morgan fingerprint density at radius 2 is 2.00 bits per heavy atom. The van der Waals surface area contributed by atoms with Crippen LogP contribution in [-0.2, 0) is 15.2 Å². The highest BCUT2D eigenvalue weighted by atomic mass is 19.1. The van der Waals surface area contributed by atoms with E-state index >= 15 is 0 Å². The summed E-state index contributed by atoms with van der Waals surface area (Å²) in [7, 11) is 1.47. The molecular weight excluding hydrogens is 313 g/mol. The molecule has 0 radical (unpaired) electrons. The monoisotopic (exact) mass is 339 g/mol. The number of rotatable bonds is 7. The number of hydrogen-bond acceptors (Lipinski definition) is 3. The van der Waals surface area contributed by atoms with Gasteiger partial charge in [-0.1, -0.05) is 44.4 Å². The number of benzene rings is 1. The lowest BCUT2D eigenvalue weighted by atomic mass is 9.89. The van der Waals surface area contributed by atoms with Gasteiger partial charge in [-0.2, -0.15) is 0 Å². The highest BCUT2D eigenvalue weighted by Crippen LogP contribution is 2.40. The smallest absolute Gasteiger partial charge is 0.410 e. The van der Waals surface area contributed by atoms with Gasteiger partial charge in [-0.05, 0) is 25.3 Å². The molecule has 1 aromatic carbocycles. The van der Waals surface area contributed by atoms with Gasteiger partial charge >= 0.3 is 6.09 Å². The molecule has 0 spiro atoms. The Bertz CT molecular complexity index is 548. The first-order chi connectivity index (χ1) is 11.6. The van der Waals surface area contributed by atoms with E-state index < -0.39 is 17.6 Å². The van der Waals surface area contributed by atoms with Crippen molar-refractivity contribution < 1.29 is 23.8 Å². The SMILES string of the molecule is CC[C@](OCOC)(c1ccccc1F)N(C(=O)O)C1CCCCC1. The van der Waals surface area contributed by atoms with Crippen molar-refractivity contribution in [3.8, 4) is 0 Å². The third-order valence-corrected chi connectivity index (χ3v) is 4.72. The standard InChI is InChI=1S/C18H26FNO4/c1-3-18(24-13-23-2,15-11-7-8-12-16(15)19)20(17(21)22)14-9-5-4-6-10-14/h7-8,11-12,14H,3-6,9-10,13H2,1-2H3,(H,21,22)/t18-/m0/s1.